The van der Waals surface area contributed by atoms with Gasteiger partial charge in [-0.05, 0) is 39.7 Å². The number of esters is 1. The van der Waals surface area contributed by atoms with E-state index in [1.54, 1.807) is 0 Å². The van der Waals surface area contributed by atoms with E-state index in [4.69, 9.17) is 19.3 Å². The largest absolute Gasteiger partial charge is 0.490 e. The van der Waals surface area contributed by atoms with Gasteiger partial charge < -0.3 is 14.2 Å². The van der Waals surface area contributed by atoms with Crippen molar-refractivity contribution in [3.63, 3.8) is 0 Å². The Morgan fingerprint density at radius 2 is 2.16 bits per heavy atom. The lowest BCUT2D eigenvalue weighted by atomic mass is 9.99. The minimum Gasteiger partial charge on any atom is -0.490 e. The molecule has 2 heterocycles. The molecular weight excluding hydrogens is 320 g/mol. The molecule has 2 aliphatic rings. The third-order valence-corrected chi connectivity index (χ3v) is 5.37. The third kappa shape index (κ3) is 2.59. The number of hydrogen-bond acceptors (Lipinski definition) is 5. The number of ether oxygens (including phenoxy) is 3. The van der Waals surface area contributed by atoms with E-state index in [2.05, 4.69) is 6.92 Å². The lowest BCUT2D eigenvalue weighted by Crippen LogP contribution is -2.33. The van der Waals surface area contributed by atoms with Crippen LogP contribution < -0.4 is 4.74 Å². The summed E-state index contributed by atoms with van der Waals surface area (Å²) in [5.74, 6) is 0.108. The van der Waals surface area contributed by atoms with Crippen LogP contribution in [0.25, 0.3) is 10.9 Å². The second-order valence-corrected chi connectivity index (χ2v) is 7.78. The fraction of sp³-hybridized carbons (Fsp3) is 0.579. The molecule has 6 nitrogen and oxygen atoms in total. The smallest absolute Gasteiger partial charge is 0.341 e. The summed E-state index contributed by atoms with van der Waals surface area (Å²) in [5.41, 5.74) is 1.15. The zero-order valence-electron chi connectivity index (χ0n) is 15.2. The van der Waals surface area contributed by atoms with Crippen molar-refractivity contribution in [2.75, 3.05) is 13.7 Å². The predicted molar refractivity (Wildman–Crippen MR) is 93.0 cm³/mol. The van der Waals surface area contributed by atoms with Gasteiger partial charge in [0.1, 0.15) is 11.3 Å². The molecule has 1 saturated heterocycles. The molecule has 1 aromatic carbocycles. The van der Waals surface area contributed by atoms with Gasteiger partial charge in [0.05, 0.1) is 36.5 Å². The zero-order valence-corrected chi connectivity index (χ0v) is 15.2. The molecule has 25 heavy (non-hydrogen) atoms. The second kappa shape index (κ2) is 5.46. The van der Waals surface area contributed by atoms with Gasteiger partial charge >= 0.3 is 5.97 Å². The lowest BCUT2D eigenvalue weighted by Gasteiger charge is -2.26. The standard InChI is InChI=1S/C19H24N2O4/c1-12(2)25-16-8-15-13(7-14(16)17(22)23-4)9-21(20-15)19-6-5-18(3,10-19)24-11-19/h7-9,12H,5-6,10-11H2,1-4H3/t18-,19-/m1/s1. The number of aromatic nitrogens is 2. The van der Waals surface area contributed by atoms with Crippen molar-refractivity contribution >= 4 is 16.9 Å². The molecule has 1 aliphatic heterocycles. The summed E-state index contributed by atoms with van der Waals surface area (Å²) < 4.78 is 18.7. The number of benzene rings is 1. The quantitative estimate of drug-likeness (QED) is 0.797. The van der Waals surface area contributed by atoms with Crippen LogP contribution in [0.2, 0.25) is 0 Å². The van der Waals surface area contributed by atoms with Crippen LogP contribution in [0.1, 0.15) is 50.4 Å². The first-order valence-corrected chi connectivity index (χ1v) is 8.77. The lowest BCUT2D eigenvalue weighted by molar-refractivity contribution is -0.0149. The molecule has 0 radical (unpaired) electrons. The fourth-order valence-electron chi connectivity index (χ4n) is 4.10. The Morgan fingerprint density at radius 3 is 2.72 bits per heavy atom. The number of hydrogen-bond donors (Lipinski definition) is 0. The summed E-state index contributed by atoms with van der Waals surface area (Å²) in [6.45, 7) is 6.72. The summed E-state index contributed by atoms with van der Waals surface area (Å²) in [6.07, 6.45) is 5.07. The van der Waals surface area contributed by atoms with E-state index in [-0.39, 0.29) is 17.2 Å². The monoisotopic (exact) mass is 344 g/mol. The molecule has 134 valence electrons. The van der Waals surface area contributed by atoms with E-state index in [1.165, 1.54) is 7.11 Å². The Hall–Kier alpha value is -2.08. The first-order chi connectivity index (χ1) is 11.8. The average Bonchev–Trinajstić information content (AvgIpc) is 3.23. The minimum atomic E-state index is -0.402. The van der Waals surface area contributed by atoms with Crippen molar-refractivity contribution in [2.24, 2.45) is 0 Å². The third-order valence-electron chi connectivity index (χ3n) is 5.37. The molecule has 0 N–H and O–H groups in total. The van der Waals surface area contributed by atoms with E-state index in [0.717, 1.165) is 30.2 Å². The van der Waals surface area contributed by atoms with E-state index in [0.29, 0.717) is 17.9 Å². The van der Waals surface area contributed by atoms with Crippen molar-refractivity contribution in [1.82, 2.24) is 9.78 Å². The normalized spacial score (nSPS) is 28.0. The van der Waals surface area contributed by atoms with Crippen LogP contribution in [-0.2, 0) is 15.0 Å². The van der Waals surface area contributed by atoms with Crippen molar-refractivity contribution < 1.29 is 19.0 Å². The van der Waals surface area contributed by atoms with Crippen LogP contribution >= 0.6 is 0 Å². The van der Waals surface area contributed by atoms with E-state index in [1.807, 2.05) is 36.9 Å². The molecular formula is C19H24N2O4. The molecule has 4 rings (SSSR count). The summed E-state index contributed by atoms with van der Waals surface area (Å²) in [7, 11) is 1.38. The van der Waals surface area contributed by atoms with Crippen LogP contribution in [-0.4, -0.2) is 41.2 Å². The van der Waals surface area contributed by atoms with Crippen molar-refractivity contribution in [1.29, 1.82) is 0 Å². The maximum atomic E-state index is 12.1. The van der Waals surface area contributed by atoms with Gasteiger partial charge in [-0.1, -0.05) is 0 Å². The Labute approximate surface area is 147 Å². The first-order valence-electron chi connectivity index (χ1n) is 8.77. The van der Waals surface area contributed by atoms with Crippen LogP contribution in [0.4, 0.5) is 0 Å². The molecule has 2 fully saturated rings. The van der Waals surface area contributed by atoms with Gasteiger partial charge in [0, 0.05) is 24.1 Å². The van der Waals surface area contributed by atoms with Gasteiger partial charge in [0.15, 0.2) is 0 Å². The molecule has 0 unspecified atom stereocenters. The highest BCUT2D eigenvalue weighted by Gasteiger charge is 2.54. The van der Waals surface area contributed by atoms with Crippen molar-refractivity contribution in [3.8, 4) is 5.75 Å². The Bertz CT molecular complexity index is 831. The number of carbonyl (C=O) groups excluding carboxylic acids is 1. The highest BCUT2D eigenvalue weighted by atomic mass is 16.5. The predicted octanol–water partition coefficient (Wildman–Crippen LogP) is 3.28. The average molecular weight is 344 g/mol. The Balaban J connectivity index is 1.79. The number of rotatable bonds is 4. The van der Waals surface area contributed by atoms with Crippen LogP contribution in [0, 0.1) is 0 Å². The maximum absolute atomic E-state index is 12.1. The summed E-state index contributed by atoms with van der Waals surface area (Å²) in [6, 6.07) is 3.64. The maximum Gasteiger partial charge on any atom is 0.341 e. The number of methoxy groups -OCH3 is 1. The first kappa shape index (κ1) is 16.4. The van der Waals surface area contributed by atoms with Crippen LogP contribution in [0.5, 0.6) is 5.75 Å². The van der Waals surface area contributed by atoms with Gasteiger partial charge in [0.2, 0.25) is 0 Å². The van der Waals surface area contributed by atoms with Gasteiger partial charge in [0.25, 0.3) is 0 Å². The van der Waals surface area contributed by atoms with Crippen LogP contribution in [0.15, 0.2) is 18.3 Å². The Morgan fingerprint density at radius 1 is 1.36 bits per heavy atom. The molecule has 6 heteroatoms. The molecule has 1 aromatic heterocycles. The van der Waals surface area contributed by atoms with Crippen molar-refractivity contribution in [2.45, 2.75) is 57.3 Å². The zero-order chi connectivity index (χ0) is 17.8. The van der Waals surface area contributed by atoms with E-state index >= 15 is 0 Å². The molecule has 2 bridgehead atoms. The fourth-order valence-corrected chi connectivity index (χ4v) is 4.10. The number of carbonyl (C=O) groups is 1. The molecule has 2 atom stereocenters. The molecule has 0 amide bonds. The van der Waals surface area contributed by atoms with Gasteiger partial charge in [-0.25, -0.2) is 4.79 Å². The topological polar surface area (TPSA) is 62.6 Å². The van der Waals surface area contributed by atoms with E-state index < -0.39 is 5.97 Å². The van der Waals surface area contributed by atoms with Gasteiger partial charge in [-0.2, -0.15) is 5.10 Å². The minimum absolute atomic E-state index is 0.0266. The molecule has 0 spiro atoms. The molecule has 2 aromatic rings. The Kier molecular flexibility index (Phi) is 3.58. The molecule has 1 aliphatic carbocycles. The van der Waals surface area contributed by atoms with Crippen molar-refractivity contribution in [3.05, 3.63) is 23.9 Å². The highest BCUT2D eigenvalue weighted by Crippen LogP contribution is 2.51. The van der Waals surface area contributed by atoms with E-state index in [9.17, 15) is 4.79 Å². The summed E-state index contributed by atoms with van der Waals surface area (Å²) >= 11 is 0. The highest BCUT2D eigenvalue weighted by molar-refractivity contribution is 5.97. The van der Waals surface area contributed by atoms with Crippen LogP contribution in [0.3, 0.4) is 0 Å². The van der Waals surface area contributed by atoms with Gasteiger partial charge in [-0.3, -0.25) is 4.68 Å². The second-order valence-electron chi connectivity index (χ2n) is 7.78. The summed E-state index contributed by atoms with van der Waals surface area (Å²) in [5, 5.41) is 5.70. The SMILES string of the molecule is COC(=O)c1cc2cn([C@]34CC[C@](C)(C3)OC4)nc2cc1OC(C)C. The van der Waals surface area contributed by atoms with Gasteiger partial charge in [-0.15, -0.1) is 0 Å². The molecule has 1 saturated carbocycles. The summed E-state index contributed by atoms with van der Waals surface area (Å²) in [4.78, 5) is 12.1. The number of fused-ring (bicyclic) bond motifs is 3. The number of nitrogens with zero attached hydrogens (tertiary/aromatic N) is 2.